The molecular weight excluding hydrogens is 667 g/mol. The smallest absolute Gasteiger partial charge is 0.326 e. The average molecular weight is 701 g/mol. The minimum Gasteiger partial charge on any atom is -0.480 e. The molecule has 4 N–H and O–H groups in total. The fourth-order valence-electron chi connectivity index (χ4n) is 6.12. The zero-order chi connectivity index (χ0) is 33.7. The van der Waals surface area contributed by atoms with Crippen LogP contribution in [0, 0.1) is 6.57 Å². The summed E-state index contributed by atoms with van der Waals surface area (Å²) in [7, 11) is -4.18. The number of rotatable bonds is 10. The van der Waals surface area contributed by atoms with Crippen molar-refractivity contribution in [3.63, 3.8) is 0 Å². The van der Waals surface area contributed by atoms with E-state index in [-0.39, 0.29) is 51.6 Å². The zero-order valence-corrected chi connectivity index (χ0v) is 27.5. The molecule has 1 aromatic heterocycles. The lowest BCUT2D eigenvalue weighted by molar-refractivity contribution is -0.927. The predicted octanol–water partition coefficient (Wildman–Crippen LogP) is 3.20. The molecule has 0 radical (unpaired) electrons. The number of aromatic nitrogens is 1. The summed E-state index contributed by atoms with van der Waals surface area (Å²) in [5, 5.41) is 15.5. The molecule has 12 nitrogen and oxygen atoms in total. The molecule has 47 heavy (non-hydrogen) atoms. The first-order chi connectivity index (χ1) is 22.5. The van der Waals surface area contributed by atoms with Crippen LogP contribution in [-0.4, -0.2) is 78.4 Å². The molecule has 3 aromatic rings. The number of hydrogen-bond acceptors (Lipinski definition) is 6. The fraction of sp³-hybridized carbons (Fsp3) is 0.344. The van der Waals surface area contributed by atoms with Gasteiger partial charge in [-0.15, -0.1) is 0 Å². The highest BCUT2D eigenvalue weighted by Crippen LogP contribution is 2.29. The van der Waals surface area contributed by atoms with Gasteiger partial charge in [0.2, 0.25) is 15.9 Å². The highest BCUT2D eigenvalue weighted by Gasteiger charge is 2.48. The Morgan fingerprint density at radius 3 is 2.38 bits per heavy atom. The molecule has 2 saturated heterocycles. The van der Waals surface area contributed by atoms with Crippen molar-refractivity contribution in [2.45, 2.75) is 55.1 Å². The largest absolute Gasteiger partial charge is 0.480 e. The van der Waals surface area contributed by atoms with Crippen LogP contribution in [-0.2, 0) is 26.0 Å². The van der Waals surface area contributed by atoms with E-state index in [2.05, 4.69) is 20.5 Å². The molecule has 2 aliphatic rings. The Labute approximate surface area is 282 Å². The van der Waals surface area contributed by atoms with E-state index >= 15 is 0 Å². The van der Waals surface area contributed by atoms with Crippen LogP contribution in [0.25, 0.3) is 4.85 Å². The summed E-state index contributed by atoms with van der Waals surface area (Å²) in [6.07, 6.45) is 5.88. The number of benzene rings is 2. The van der Waals surface area contributed by atoms with E-state index in [1.165, 1.54) is 41.6 Å². The van der Waals surface area contributed by atoms with Gasteiger partial charge < -0.3 is 20.6 Å². The Morgan fingerprint density at radius 1 is 1.06 bits per heavy atom. The maximum absolute atomic E-state index is 13.9. The number of aliphatic carboxylic acids is 1. The molecule has 0 aliphatic carbocycles. The molecule has 0 unspecified atom stereocenters. The number of halogens is 2. The van der Waals surface area contributed by atoms with Gasteiger partial charge in [0.05, 0.1) is 46.7 Å². The summed E-state index contributed by atoms with van der Waals surface area (Å²) >= 11 is 12.1. The Bertz CT molecular complexity index is 1790. The first kappa shape index (κ1) is 34.3. The lowest BCUT2D eigenvalue weighted by Gasteiger charge is -2.29. The molecule has 2 amide bonds. The van der Waals surface area contributed by atoms with Gasteiger partial charge >= 0.3 is 5.97 Å². The molecule has 0 spiro atoms. The number of quaternary nitrogens is 1. The lowest BCUT2D eigenvalue weighted by atomic mass is 10.0. The van der Waals surface area contributed by atoms with Crippen molar-refractivity contribution in [3.8, 4) is 0 Å². The number of likely N-dealkylation sites (tertiary alicyclic amines) is 1. The average Bonchev–Trinajstić information content (AvgIpc) is 3.52. The number of carboxylic acids is 1. The van der Waals surface area contributed by atoms with Crippen molar-refractivity contribution in [1.29, 1.82) is 0 Å². The summed E-state index contributed by atoms with van der Waals surface area (Å²) in [6.45, 7) is 9.15. The Morgan fingerprint density at radius 2 is 1.74 bits per heavy atom. The molecule has 2 aliphatic heterocycles. The number of nitrogens with zero attached hydrogens (tertiary/aromatic N) is 3. The molecule has 15 heteroatoms. The number of sulfonamides is 1. The van der Waals surface area contributed by atoms with Crippen LogP contribution in [0.4, 0.5) is 11.4 Å². The molecule has 2 aromatic carbocycles. The molecule has 3 atom stereocenters. The van der Waals surface area contributed by atoms with E-state index < -0.39 is 39.9 Å². The standard InChI is InChI=1S/C32H32Cl2N6O6S/c1-35-22-6-5-7-24(15-22)47(45,46)40-19-23(39-12-3-2-4-13-39)16-28(40)30(41)38-27(32(43)44)14-20-8-10-21(11-9-20)37-31(42)29-25(33)17-36-18-26(29)34/h5-11,15,17-18,23,27-28H,2-4,12-14,16,19H2,(H,37,42)(H,38,41)(H,43,44)/p+1/t23-,27+,28+/m1/s1. The van der Waals surface area contributed by atoms with Crippen molar-refractivity contribution in [1.82, 2.24) is 14.6 Å². The molecule has 5 rings (SSSR count). The van der Waals surface area contributed by atoms with Gasteiger partial charge in [-0.1, -0.05) is 47.5 Å². The molecule has 3 heterocycles. The third kappa shape index (κ3) is 7.91. The second-order valence-corrected chi connectivity index (χ2v) is 14.3. The number of nitrogens with one attached hydrogen (secondary N) is 3. The summed E-state index contributed by atoms with van der Waals surface area (Å²) in [5.41, 5.74) is 1.18. The topological polar surface area (TPSA) is 155 Å². The third-order valence-corrected chi connectivity index (χ3v) is 11.0. The molecule has 0 bridgehead atoms. The number of carbonyl (C=O) groups excluding carboxylic acids is 2. The quantitative estimate of drug-likeness (QED) is 0.237. The first-order valence-corrected chi connectivity index (χ1v) is 17.2. The summed E-state index contributed by atoms with van der Waals surface area (Å²) < 4.78 is 28.9. The van der Waals surface area contributed by atoms with Crippen LogP contribution in [0.5, 0.6) is 0 Å². The summed E-state index contributed by atoms with van der Waals surface area (Å²) in [6, 6.07) is 9.43. The summed E-state index contributed by atoms with van der Waals surface area (Å²) in [4.78, 5) is 47.1. The van der Waals surface area contributed by atoms with Gasteiger partial charge in [-0.05, 0) is 49.1 Å². The molecule has 0 saturated carbocycles. The van der Waals surface area contributed by atoms with Gasteiger partial charge in [0.25, 0.3) is 5.91 Å². The Kier molecular flexibility index (Phi) is 10.8. The number of piperidine rings is 1. The van der Waals surface area contributed by atoms with Gasteiger partial charge in [0.1, 0.15) is 18.1 Å². The molecule has 2 fully saturated rings. The Balaban J connectivity index is 1.32. The maximum atomic E-state index is 13.9. The van der Waals surface area contributed by atoms with Crippen LogP contribution in [0.2, 0.25) is 10.0 Å². The van der Waals surface area contributed by atoms with Crippen molar-refractivity contribution < 1.29 is 32.8 Å². The maximum Gasteiger partial charge on any atom is 0.326 e. The van der Waals surface area contributed by atoms with Crippen LogP contribution >= 0.6 is 23.2 Å². The number of hydrogen-bond donors (Lipinski definition) is 4. The van der Waals surface area contributed by atoms with Crippen LogP contribution in [0.3, 0.4) is 0 Å². The van der Waals surface area contributed by atoms with Crippen molar-refractivity contribution in [3.05, 3.63) is 93.5 Å². The van der Waals surface area contributed by atoms with E-state index in [1.54, 1.807) is 24.3 Å². The van der Waals surface area contributed by atoms with Gasteiger partial charge in [-0.2, -0.15) is 4.31 Å². The van der Waals surface area contributed by atoms with E-state index in [0.29, 0.717) is 11.3 Å². The molecular formula is C32H33Cl2N6O6S+. The predicted molar refractivity (Wildman–Crippen MR) is 175 cm³/mol. The summed E-state index contributed by atoms with van der Waals surface area (Å²) in [5.74, 6) is -2.53. The van der Waals surface area contributed by atoms with Crippen molar-refractivity contribution in [2.24, 2.45) is 0 Å². The van der Waals surface area contributed by atoms with E-state index in [1.807, 2.05) is 0 Å². The fourth-order valence-corrected chi connectivity index (χ4v) is 8.34. The number of amides is 2. The highest BCUT2D eigenvalue weighted by molar-refractivity contribution is 7.89. The number of pyridine rings is 1. The van der Waals surface area contributed by atoms with Gasteiger partial charge in [-0.3, -0.25) is 14.6 Å². The minimum absolute atomic E-state index is 0.0623. The zero-order valence-electron chi connectivity index (χ0n) is 25.2. The highest BCUT2D eigenvalue weighted by atomic mass is 35.5. The number of anilines is 1. The van der Waals surface area contributed by atoms with Gasteiger partial charge in [-0.25, -0.2) is 18.1 Å². The first-order valence-electron chi connectivity index (χ1n) is 15.0. The van der Waals surface area contributed by atoms with E-state index in [4.69, 9.17) is 29.8 Å². The van der Waals surface area contributed by atoms with E-state index in [9.17, 15) is 27.9 Å². The second kappa shape index (κ2) is 14.8. The number of carboxylic acid groups (broad SMARTS) is 1. The number of carbonyl (C=O) groups is 3. The molecule has 246 valence electrons. The van der Waals surface area contributed by atoms with Crippen molar-refractivity contribution >= 4 is 62.4 Å². The van der Waals surface area contributed by atoms with Gasteiger partial charge in [0, 0.05) is 30.9 Å². The monoisotopic (exact) mass is 699 g/mol. The second-order valence-electron chi connectivity index (χ2n) is 11.6. The SMILES string of the molecule is [C-]#[N+]c1cccc(S(=O)(=O)N2C[C@H]([NH+]3CCCCC3)C[C@H]2C(=O)N[C@@H](Cc2ccc(NC(=O)c3c(Cl)cncc3Cl)cc2)C(=O)O)c1. The van der Waals surface area contributed by atoms with Crippen LogP contribution in [0.15, 0.2) is 65.8 Å². The van der Waals surface area contributed by atoms with Gasteiger partial charge in [0.15, 0.2) is 5.69 Å². The van der Waals surface area contributed by atoms with E-state index in [0.717, 1.165) is 36.7 Å². The van der Waals surface area contributed by atoms with Crippen LogP contribution < -0.4 is 15.5 Å². The van der Waals surface area contributed by atoms with Crippen molar-refractivity contribution in [2.75, 3.05) is 25.0 Å². The third-order valence-electron chi connectivity index (χ3n) is 8.53. The van der Waals surface area contributed by atoms with Crippen LogP contribution in [0.1, 0.15) is 41.6 Å². The lowest BCUT2D eigenvalue weighted by Crippen LogP contribution is -3.16. The normalized spacial score (nSPS) is 19.4. The minimum atomic E-state index is -4.18. The Hall–Kier alpha value is -4.06.